The molecular weight excluding hydrogens is 328 g/mol. The molecule has 1 aromatic carbocycles. The second kappa shape index (κ2) is 6.11. The number of fused-ring (bicyclic) bond motifs is 1. The van der Waals surface area contributed by atoms with E-state index >= 15 is 0 Å². The number of rotatable bonds is 2. The van der Waals surface area contributed by atoms with Gasteiger partial charge in [-0.25, -0.2) is 4.98 Å². The lowest BCUT2D eigenvalue weighted by Crippen LogP contribution is -2.43. The molecule has 2 atom stereocenters. The van der Waals surface area contributed by atoms with Crippen LogP contribution in [0.5, 0.6) is 0 Å². The van der Waals surface area contributed by atoms with E-state index in [0.29, 0.717) is 5.15 Å². The van der Waals surface area contributed by atoms with Crippen molar-refractivity contribution < 1.29 is 4.74 Å². The van der Waals surface area contributed by atoms with E-state index in [1.165, 1.54) is 5.56 Å². The van der Waals surface area contributed by atoms with Gasteiger partial charge in [0.1, 0.15) is 17.1 Å². The van der Waals surface area contributed by atoms with E-state index in [4.69, 9.17) is 16.3 Å². The average molecular weight is 345 g/mol. The molecule has 4 rings (SSSR count). The Hall–Kier alpha value is -1.62. The monoisotopic (exact) mass is 344 g/mol. The zero-order chi connectivity index (χ0) is 15.8. The number of morpholine rings is 1. The van der Waals surface area contributed by atoms with E-state index < -0.39 is 0 Å². The minimum atomic E-state index is 0.0806. The summed E-state index contributed by atoms with van der Waals surface area (Å²) in [6.07, 6.45) is 0.234. The second-order valence-corrected chi connectivity index (χ2v) is 7.03. The Kier molecular flexibility index (Phi) is 3.97. The van der Waals surface area contributed by atoms with Gasteiger partial charge in [-0.15, -0.1) is 0 Å². The SMILES string of the molecule is CC1CN(c2cc3ccccc3c(Cl)n2)CC(c2ccsc2)O1. The molecule has 0 spiro atoms. The highest BCUT2D eigenvalue weighted by Crippen LogP contribution is 2.32. The van der Waals surface area contributed by atoms with Gasteiger partial charge in [-0.2, -0.15) is 11.3 Å². The van der Waals surface area contributed by atoms with Crippen LogP contribution in [-0.2, 0) is 4.74 Å². The first-order valence-electron chi connectivity index (χ1n) is 7.68. The number of thiophene rings is 1. The fourth-order valence-electron chi connectivity index (χ4n) is 3.09. The number of pyridine rings is 1. The van der Waals surface area contributed by atoms with Gasteiger partial charge < -0.3 is 9.64 Å². The average Bonchev–Trinajstić information content (AvgIpc) is 3.09. The van der Waals surface area contributed by atoms with Crippen LogP contribution in [-0.4, -0.2) is 24.2 Å². The molecule has 2 unspecified atom stereocenters. The van der Waals surface area contributed by atoms with Gasteiger partial charge in [0.05, 0.1) is 6.10 Å². The van der Waals surface area contributed by atoms with Crippen LogP contribution in [0.4, 0.5) is 5.82 Å². The lowest BCUT2D eigenvalue weighted by atomic mass is 10.1. The van der Waals surface area contributed by atoms with Gasteiger partial charge >= 0.3 is 0 Å². The Morgan fingerprint density at radius 1 is 1.26 bits per heavy atom. The third-order valence-corrected chi connectivity index (χ3v) is 5.17. The first kappa shape index (κ1) is 14.9. The van der Waals surface area contributed by atoms with Crippen LogP contribution >= 0.6 is 22.9 Å². The summed E-state index contributed by atoms with van der Waals surface area (Å²) in [5.74, 6) is 0.920. The Morgan fingerprint density at radius 2 is 2.13 bits per heavy atom. The summed E-state index contributed by atoms with van der Waals surface area (Å²) in [6.45, 7) is 3.72. The van der Waals surface area contributed by atoms with Crippen molar-refractivity contribution in [1.29, 1.82) is 0 Å². The molecular formula is C18H17ClN2OS. The molecule has 0 N–H and O–H groups in total. The third-order valence-electron chi connectivity index (χ3n) is 4.18. The first-order valence-corrected chi connectivity index (χ1v) is 9.00. The topological polar surface area (TPSA) is 25.4 Å². The van der Waals surface area contributed by atoms with Crippen molar-refractivity contribution in [3.8, 4) is 0 Å². The van der Waals surface area contributed by atoms with Crippen LogP contribution in [0.25, 0.3) is 10.8 Å². The van der Waals surface area contributed by atoms with Crippen LogP contribution in [0.1, 0.15) is 18.6 Å². The van der Waals surface area contributed by atoms with Gasteiger partial charge in [0, 0.05) is 18.5 Å². The summed E-state index contributed by atoms with van der Waals surface area (Å²) < 4.78 is 6.10. The lowest BCUT2D eigenvalue weighted by molar-refractivity contribution is -0.0173. The summed E-state index contributed by atoms with van der Waals surface area (Å²) >= 11 is 8.09. The molecule has 3 aromatic rings. The third kappa shape index (κ3) is 2.94. The number of nitrogens with zero attached hydrogens (tertiary/aromatic N) is 2. The van der Waals surface area contributed by atoms with Crippen LogP contribution in [0, 0.1) is 0 Å². The highest BCUT2D eigenvalue weighted by atomic mass is 35.5. The summed E-state index contributed by atoms with van der Waals surface area (Å²) in [7, 11) is 0. The molecule has 0 bridgehead atoms. The fraction of sp³-hybridized carbons (Fsp3) is 0.278. The summed E-state index contributed by atoms with van der Waals surface area (Å²) in [5, 5.41) is 6.92. The van der Waals surface area contributed by atoms with Crippen LogP contribution in [0.2, 0.25) is 5.15 Å². The van der Waals surface area contributed by atoms with Crippen molar-refractivity contribution in [3.05, 3.63) is 57.9 Å². The minimum absolute atomic E-state index is 0.0806. The molecule has 1 aliphatic rings. The molecule has 1 saturated heterocycles. The van der Waals surface area contributed by atoms with Crippen LogP contribution in [0.15, 0.2) is 47.2 Å². The summed E-state index contributed by atoms with van der Waals surface area (Å²) in [4.78, 5) is 6.89. The molecule has 118 valence electrons. The normalized spacial score (nSPS) is 21.7. The van der Waals surface area contributed by atoms with Crippen molar-refractivity contribution in [2.24, 2.45) is 0 Å². The van der Waals surface area contributed by atoms with E-state index in [1.807, 2.05) is 18.2 Å². The van der Waals surface area contributed by atoms with Gasteiger partial charge in [0.25, 0.3) is 0 Å². The molecule has 0 saturated carbocycles. The molecule has 1 aliphatic heterocycles. The number of hydrogen-bond donors (Lipinski definition) is 0. The highest BCUT2D eigenvalue weighted by molar-refractivity contribution is 7.07. The van der Waals surface area contributed by atoms with E-state index in [1.54, 1.807) is 11.3 Å². The quantitative estimate of drug-likeness (QED) is 0.617. The van der Waals surface area contributed by atoms with Crippen molar-refractivity contribution in [2.75, 3.05) is 18.0 Å². The van der Waals surface area contributed by atoms with Gasteiger partial charge in [-0.3, -0.25) is 0 Å². The Labute approximate surface area is 144 Å². The number of halogens is 1. The summed E-state index contributed by atoms with van der Waals surface area (Å²) in [5.41, 5.74) is 1.23. The van der Waals surface area contributed by atoms with Crippen molar-refractivity contribution in [3.63, 3.8) is 0 Å². The maximum absolute atomic E-state index is 6.39. The van der Waals surface area contributed by atoms with Gasteiger partial charge in [-0.1, -0.05) is 35.9 Å². The van der Waals surface area contributed by atoms with Crippen molar-refractivity contribution >= 4 is 39.5 Å². The maximum atomic E-state index is 6.39. The fourth-order valence-corrected chi connectivity index (χ4v) is 4.05. The predicted octanol–water partition coefficient (Wildman–Crippen LogP) is 4.92. The van der Waals surface area contributed by atoms with Gasteiger partial charge in [0.2, 0.25) is 0 Å². The molecule has 3 heterocycles. The van der Waals surface area contributed by atoms with Gasteiger partial charge in [-0.05, 0) is 40.8 Å². The lowest BCUT2D eigenvalue weighted by Gasteiger charge is -2.37. The van der Waals surface area contributed by atoms with E-state index in [9.17, 15) is 0 Å². The van der Waals surface area contributed by atoms with E-state index in [2.05, 4.69) is 45.8 Å². The second-order valence-electron chi connectivity index (χ2n) is 5.89. The standard InChI is InChI=1S/C18H17ClN2OS/c1-12-9-21(10-16(22-12)14-6-7-23-11-14)17-8-13-4-2-3-5-15(13)18(19)20-17/h2-8,11-12,16H,9-10H2,1H3. The zero-order valence-corrected chi connectivity index (χ0v) is 14.3. The van der Waals surface area contributed by atoms with E-state index in [-0.39, 0.29) is 12.2 Å². The number of ether oxygens (including phenoxy) is 1. The molecule has 5 heteroatoms. The van der Waals surface area contributed by atoms with Crippen molar-refractivity contribution in [2.45, 2.75) is 19.1 Å². The van der Waals surface area contributed by atoms with Crippen LogP contribution in [0.3, 0.4) is 0 Å². The number of aromatic nitrogens is 1. The predicted molar refractivity (Wildman–Crippen MR) is 96.6 cm³/mol. The molecule has 1 fully saturated rings. The van der Waals surface area contributed by atoms with Crippen LogP contribution < -0.4 is 4.90 Å². The minimum Gasteiger partial charge on any atom is -0.367 e. The molecule has 0 radical (unpaired) electrons. The first-order chi connectivity index (χ1) is 11.2. The molecule has 0 amide bonds. The maximum Gasteiger partial charge on any atom is 0.139 e. The highest BCUT2D eigenvalue weighted by Gasteiger charge is 2.27. The zero-order valence-electron chi connectivity index (χ0n) is 12.8. The molecule has 23 heavy (non-hydrogen) atoms. The molecule has 0 aliphatic carbocycles. The molecule has 3 nitrogen and oxygen atoms in total. The Balaban J connectivity index is 1.69. The molecule has 2 aromatic heterocycles. The van der Waals surface area contributed by atoms with Gasteiger partial charge in [0.15, 0.2) is 0 Å². The summed E-state index contributed by atoms with van der Waals surface area (Å²) in [6, 6.07) is 12.3. The van der Waals surface area contributed by atoms with Crippen molar-refractivity contribution in [1.82, 2.24) is 4.98 Å². The number of benzene rings is 1. The Morgan fingerprint density at radius 3 is 2.96 bits per heavy atom. The smallest absolute Gasteiger partial charge is 0.139 e. The van der Waals surface area contributed by atoms with E-state index in [0.717, 1.165) is 29.7 Å². The Bertz CT molecular complexity index is 821. The number of anilines is 1. The largest absolute Gasteiger partial charge is 0.367 e. The number of hydrogen-bond acceptors (Lipinski definition) is 4.